The maximum atomic E-state index is 13.6. The second-order valence-corrected chi connectivity index (χ2v) is 5.03. The van der Waals surface area contributed by atoms with Crippen LogP contribution < -0.4 is 4.74 Å². The average Bonchev–Trinajstić information content (AvgIpc) is 2.47. The molecule has 1 N–H and O–H groups in total. The molecule has 0 amide bonds. The van der Waals surface area contributed by atoms with Crippen LogP contribution in [0.3, 0.4) is 0 Å². The van der Waals surface area contributed by atoms with E-state index in [4.69, 9.17) is 10.00 Å². The van der Waals surface area contributed by atoms with Gasteiger partial charge in [-0.15, -0.1) is 0 Å². The summed E-state index contributed by atoms with van der Waals surface area (Å²) >= 11 is 3.30. The summed E-state index contributed by atoms with van der Waals surface area (Å²) in [5, 5.41) is 18.1. The van der Waals surface area contributed by atoms with Gasteiger partial charge in [0.25, 0.3) is 0 Å². The molecule has 0 fully saturated rings. The van der Waals surface area contributed by atoms with E-state index < -0.39 is 5.82 Å². The Morgan fingerprint density at radius 3 is 2.70 bits per heavy atom. The van der Waals surface area contributed by atoms with Crippen LogP contribution in [-0.4, -0.2) is 5.11 Å². The first kappa shape index (κ1) is 14.5. The standard InChI is InChI=1S/C15H11BrFNO2/c16-13-2-4-15(11(6-13)8-19)20-9-12-5-10(7-18)1-3-14(12)17/h1-6,19H,8-9H2. The second-order valence-electron chi connectivity index (χ2n) is 4.12. The lowest BCUT2D eigenvalue weighted by Gasteiger charge is -2.11. The highest BCUT2D eigenvalue weighted by molar-refractivity contribution is 9.10. The van der Waals surface area contributed by atoms with Crippen LogP contribution in [0.25, 0.3) is 0 Å². The van der Waals surface area contributed by atoms with Gasteiger partial charge in [-0.1, -0.05) is 15.9 Å². The Hall–Kier alpha value is -1.90. The summed E-state index contributed by atoms with van der Waals surface area (Å²) < 4.78 is 20.0. The Morgan fingerprint density at radius 1 is 1.20 bits per heavy atom. The number of hydrogen-bond acceptors (Lipinski definition) is 3. The molecule has 0 saturated carbocycles. The zero-order chi connectivity index (χ0) is 14.5. The van der Waals surface area contributed by atoms with Crippen LogP contribution in [0, 0.1) is 17.1 Å². The average molecular weight is 336 g/mol. The first-order valence-electron chi connectivity index (χ1n) is 5.84. The highest BCUT2D eigenvalue weighted by Gasteiger charge is 2.08. The number of nitriles is 1. The molecule has 0 atom stereocenters. The van der Waals surface area contributed by atoms with Gasteiger partial charge in [0.05, 0.1) is 18.2 Å². The van der Waals surface area contributed by atoms with Gasteiger partial charge in [-0.2, -0.15) is 5.26 Å². The van der Waals surface area contributed by atoms with E-state index in [0.29, 0.717) is 22.4 Å². The van der Waals surface area contributed by atoms with Gasteiger partial charge in [-0.25, -0.2) is 4.39 Å². The fourth-order valence-electron chi connectivity index (χ4n) is 1.72. The van der Waals surface area contributed by atoms with E-state index in [1.54, 1.807) is 18.2 Å². The van der Waals surface area contributed by atoms with Gasteiger partial charge in [0.2, 0.25) is 0 Å². The summed E-state index contributed by atoms with van der Waals surface area (Å²) in [7, 11) is 0. The van der Waals surface area contributed by atoms with Crippen LogP contribution in [0.15, 0.2) is 40.9 Å². The number of nitrogens with zero attached hydrogens (tertiary/aromatic N) is 1. The molecule has 0 unspecified atom stereocenters. The van der Waals surface area contributed by atoms with Gasteiger partial charge in [-0.3, -0.25) is 0 Å². The summed E-state index contributed by atoms with van der Waals surface area (Å²) in [6.45, 7) is -0.175. The fraction of sp³-hybridized carbons (Fsp3) is 0.133. The van der Waals surface area contributed by atoms with Crippen LogP contribution in [0.1, 0.15) is 16.7 Å². The zero-order valence-corrected chi connectivity index (χ0v) is 12.0. The minimum Gasteiger partial charge on any atom is -0.488 e. The van der Waals surface area contributed by atoms with Crippen molar-refractivity contribution < 1.29 is 14.2 Å². The van der Waals surface area contributed by atoms with Crippen molar-refractivity contribution >= 4 is 15.9 Å². The van der Waals surface area contributed by atoms with E-state index in [1.165, 1.54) is 18.2 Å². The first-order chi connectivity index (χ1) is 9.63. The van der Waals surface area contributed by atoms with Crippen LogP contribution in [0.2, 0.25) is 0 Å². The summed E-state index contributed by atoms with van der Waals surface area (Å²) in [5.74, 6) is 0.0594. The molecule has 0 aromatic heterocycles. The third kappa shape index (κ3) is 3.35. The molecular weight excluding hydrogens is 325 g/mol. The Kier molecular flexibility index (Phi) is 4.72. The maximum absolute atomic E-state index is 13.6. The van der Waals surface area contributed by atoms with Crippen molar-refractivity contribution in [3.63, 3.8) is 0 Å². The third-order valence-electron chi connectivity index (χ3n) is 2.75. The molecule has 0 aliphatic heterocycles. The molecule has 2 aromatic rings. The van der Waals surface area contributed by atoms with Crippen molar-refractivity contribution in [1.29, 1.82) is 5.26 Å². The van der Waals surface area contributed by atoms with Crippen LogP contribution in [-0.2, 0) is 13.2 Å². The molecule has 5 heteroatoms. The second kappa shape index (κ2) is 6.51. The topological polar surface area (TPSA) is 53.2 Å². The summed E-state index contributed by atoms with van der Waals surface area (Å²) in [5.41, 5.74) is 1.29. The van der Waals surface area contributed by atoms with Gasteiger partial charge in [0.1, 0.15) is 18.2 Å². The van der Waals surface area contributed by atoms with Crippen molar-refractivity contribution in [3.05, 3.63) is 63.4 Å². The Bertz CT molecular complexity index is 667. The van der Waals surface area contributed by atoms with E-state index in [1.807, 2.05) is 6.07 Å². The molecule has 0 aliphatic carbocycles. The number of hydrogen-bond donors (Lipinski definition) is 1. The van der Waals surface area contributed by atoms with Crippen molar-refractivity contribution in [1.82, 2.24) is 0 Å². The number of halogens is 2. The third-order valence-corrected chi connectivity index (χ3v) is 3.24. The van der Waals surface area contributed by atoms with Gasteiger partial charge >= 0.3 is 0 Å². The molecule has 102 valence electrons. The molecule has 0 saturated heterocycles. The summed E-state index contributed by atoms with van der Waals surface area (Å²) in [6, 6.07) is 11.3. The lowest BCUT2D eigenvalue weighted by Crippen LogP contribution is -2.01. The molecule has 0 radical (unpaired) electrons. The molecule has 0 bridgehead atoms. The van der Waals surface area contributed by atoms with Gasteiger partial charge in [0.15, 0.2) is 0 Å². The van der Waals surface area contributed by atoms with Crippen molar-refractivity contribution in [2.75, 3.05) is 0 Å². The van der Waals surface area contributed by atoms with E-state index >= 15 is 0 Å². The van der Waals surface area contributed by atoms with Crippen LogP contribution >= 0.6 is 15.9 Å². The highest BCUT2D eigenvalue weighted by Crippen LogP contribution is 2.24. The number of benzene rings is 2. The van der Waals surface area contributed by atoms with Gasteiger partial charge < -0.3 is 9.84 Å². The molecule has 2 aromatic carbocycles. The smallest absolute Gasteiger partial charge is 0.129 e. The number of aliphatic hydroxyl groups is 1. The molecule has 0 heterocycles. The maximum Gasteiger partial charge on any atom is 0.129 e. The minimum atomic E-state index is -0.424. The molecule has 3 nitrogen and oxygen atoms in total. The largest absolute Gasteiger partial charge is 0.488 e. The van der Waals surface area contributed by atoms with Crippen LogP contribution in [0.5, 0.6) is 5.75 Å². The lowest BCUT2D eigenvalue weighted by molar-refractivity contribution is 0.257. The number of ether oxygens (including phenoxy) is 1. The monoisotopic (exact) mass is 335 g/mol. The number of aliphatic hydroxyl groups excluding tert-OH is 1. The molecule has 0 spiro atoms. The van der Waals surface area contributed by atoms with Gasteiger partial charge in [-0.05, 0) is 36.4 Å². The van der Waals surface area contributed by atoms with Crippen molar-refractivity contribution in [2.24, 2.45) is 0 Å². The quantitative estimate of drug-likeness (QED) is 0.929. The highest BCUT2D eigenvalue weighted by atomic mass is 79.9. The molecule has 2 rings (SSSR count). The summed E-state index contributed by atoms with van der Waals surface area (Å²) in [6.07, 6.45) is 0. The Morgan fingerprint density at radius 2 is 2.00 bits per heavy atom. The Labute approximate surface area is 124 Å². The van der Waals surface area contributed by atoms with E-state index in [9.17, 15) is 9.50 Å². The van der Waals surface area contributed by atoms with E-state index in [-0.39, 0.29) is 13.2 Å². The molecular formula is C15H11BrFNO2. The van der Waals surface area contributed by atoms with Crippen molar-refractivity contribution in [3.8, 4) is 11.8 Å². The fourth-order valence-corrected chi connectivity index (χ4v) is 2.13. The van der Waals surface area contributed by atoms with E-state index in [0.717, 1.165) is 4.47 Å². The van der Waals surface area contributed by atoms with Crippen LogP contribution in [0.4, 0.5) is 4.39 Å². The predicted molar refractivity (Wildman–Crippen MR) is 75.5 cm³/mol. The minimum absolute atomic E-state index is 0.00398. The molecule has 0 aliphatic rings. The van der Waals surface area contributed by atoms with Gasteiger partial charge in [0, 0.05) is 15.6 Å². The first-order valence-corrected chi connectivity index (χ1v) is 6.64. The zero-order valence-electron chi connectivity index (χ0n) is 10.4. The lowest BCUT2D eigenvalue weighted by atomic mass is 10.1. The van der Waals surface area contributed by atoms with Crippen molar-refractivity contribution in [2.45, 2.75) is 13.2 Å². The summed E-state index contributed by atoms with van der Waals surface area (Å²) in [4.78, 5) is 0. The Balaban J connectivity index is 2.19. The molecule has 20 heavy (non-hydrogen) atoms. The predicted octanol–water partition coefficient (Wildman–Crippen LogP) is 3.53. The van der Waals surface area contributed by atoms with E-state index in [2.05, 4.69) is 15.9 Å². The normalized spacial score (nSPS) is 10.1. The number of rotatable bonds is 4. The SMILES string of the molecule is N#Cc1ccc(F)c(COc2ccc(Br)cc2CO)c1.